The molecule has 1 aromatic rings. The van der Waals surface area contributed by atoms with Crippen LogP contribution in [0.1, 0.15) is 5.56 Å². The molecular formula is C10H7N3O3S. The number of carbonyl (C=O) groups is 1. The zero-order chi connectivity index (χ0) is 12.4. The minimum Gasteiger partial charge on any atom is -0.383 e. The number of benzene rings is 1. The number of amidine groups is 1. The van der Waals surface area contributed by atoms with Crippen LogP contribution >= 0.6 is 11.8 Å². The molecule has 0 unspecified atom stereocenters. The van der Waals surface area contributed by atoms with Gasteiger partial charge in [0.15, 0.2) is 0 Å². The number of carbonyl (C=O) groups excluding carboxylic acids is 1. The maximum atomic E-state index is 11.0. The Kier molecular flexibility index (Phi) is 2.92. The quantitative estimate of drug-likeness (QED) is 0.639. The van der Waals surface area contributed by atoms with Crippen molar-refractivity contribution in [3.63, 3.8) is 0 Å². The Labute approximate surface area is 100 Å². The van der Waals surface area contributed by atoms with Gasteiger partial charge in [-0.05, 0) is 35.5 Å². The van der Waals surface area contributed by atoms with E-state index in [1.165, 1.54) is 12.1 Å². The van der Waals surface area contributed by atoms with Crippen molar-refractivity contribution in [2.24, 2.45) is 10.7 Å². The molecule has 7 heteroatoms. The molecule has 1 aliphatic rings. The Hall–Kier alpha value is -2.15. The molecule has 17 heavy (non-hydrogen) atoms. The van der Waals surface area contributed by atoms with Crippen molar-refractivity contribution < 1.29 is 9.72 Å². The molecule has 0 bridgehead atoms. The molecule has 86 valence electrons. The topological polar surface area (TPSA) is 98.6 Å². The zero-order valence-electron chi connectivity index (χ0n) is 8.49. The Bertz CT molecular complexity index is 548. The molecule has 0 radical (unpaired) electrons. The first-order valence-corrected chi connectivity index (χ1v) is 5.40. The molecule has 2 N–H and O–H groups in total. The molecule has 0 saturated heterocycles. The third-order valence-corrected chi connectivity index (χ3v) is 2.88. The Morgan fingerprint density at radius 2 is 2.00 bits per heavy atom. The molecule has 0 aliphatic carbocycles. The second-order valence-corrected chi connectivity index (χ2v) is 4.22. The summed E-state index contributed by atoms with van der Waals surface area (Å²) < 4.78 is 0. The van der Waals surface area contributed by atoms with Crippen molar-refractivity contribution in [2.45, 2.75) is 0 Å². The fourth-order valence-electron chi connectivity index (χ4n) is 1.27. The summed E-state index contributed by atoms with van der Waals surface area (Å²) in [4.78, 5) is 25.1. The van der Waals surface area contributed by atoms with Crippen LogP contribution in [0.4, 0.5) is 10.5 Å². The number of non-ortho nitro benzene ring substituents is 1. The lowest BCUT2D eigenvalue weighted by atomic mass is 10.2. The van der Waals surface area contributed by atoms with Crippen LogP contribution in [-0.4, -0.2) is 16.0 Å². The van der Waals surface area contributed by atoms with Crippen molar-refractivity contribution in [2.75, 3.05) is 0 Å². The molecule has 1 aliphatic heterocycles. The molecule has 6 nitrogen and oxygen atoms in total. The largest absolute Gasteiger partial charge is 0.383 e. The maximum Gasteiger partial charge on any atom is 0.311 e. The Morgan fingerprint density at radius 3 is 2.47 bits per heavy atom. The monoisotopic (exact) mass is 249 g/mol. The molecule has 0 fully saturated rings. The average Bonchev–Trinajstić information content (AvgIpc) is 2.58. The zero-order valence-corrected chi connectivity index (χ0v) is 9.31. The third kappa shape index (κ3) is 2.51. The van der Waals surface area contributed by atoms with Gasteiger partial charge in [-0.2, -0.15) is 4.99 Å². The second-order valence-electron chi connectivity index (χ2n) is 3.22. The smallest absolute Gasteiger partial charge is 0.311 e. The lowest BCUT2D eigenvalue weighted by molar-refractivity contribution is -0.384. The van der Waals surface area contributed by atoms with Gasteiger partial charge in [0, 0.05) is 12.1 Å². The number of hydrogen-bond donors (Lipinski definition) is 1. The van der Waals surface area contributed by atoms with Gasteiger partial charge in [0.25, 0.3) is 5.69 Å². The van der Waals surface area contributed by atoms with Gasteiger partial charge in [-0.25, -0.2) is 0 Å². The standard InChI is InChI=1S/C10H7N3O3S/c11-9-8(17-10(14)12-9)5-6-1-3-7(4-2-6)13(15)16/h1-5H,(H2,11,12,14)/b8-5-. The molecule has 2 rings (SSSR count). The number of hydrogen-bond acceptors (Lipinski definition) is 5. The van der Waals surface area contributed by atoms with E-state index < -0.39 is 4.92 Å². The molecule has 0 atom stereocenters. The van der Waals surface area contributed by atoms with E-state index in [4.69, 9.17) is 5.73 Å². The fourth-order valence-corrected chi connectivity index (χ4v) is 1.95. The van der Waals surface area contributed by atoms with Crippen LogP contribution in [0.3, 0.4) is 0 Å². The van der Waals surface area contributed by atoms with Gasteiger partial charge in [0.1, 0.15) is 5.84 Å². The number of nitrogens with zero attached hydrogens (tertiary/aromatic N) is 2. The number of aliphatic imine (C=N–C) groups is 1. The fraction of sp³-hybridized carbons (Fsp3) is 0. The van der Waals surface area contributed by atoms with E-state index in [9.17, 15) is 14.9 Å². The van der Waals surface area contributed by atoms with Gasteiger partial charge >= 0.3 is 5.24 Å². The summed E-state index contributed by atoms with van der Waals surface area (Å²) in [5, 5.41) is 10.1. The second kappa shape index (κ2) is 4.38. The lowest BCUT2D eigenvalue weighted by Gasteiger charge is -1.96. The highest BCUT2D eigenvalue weighted by Crippen LogP contribution is 2.27. The molecule has 0 spiro atoms. The maximum absolute atomic E-state index is 11.0. The molecule has 1 amide bonds. The van der Waals surface area contributed by atoms with E-state index in [1.54, 1.807) is 18.2 Å². The van der Waals surface area contributed by atoms with E-state index in [2.05, 4.69) is 4.99 Å². The van der Waals surface area contributed by atoms with Gasteiger partial charge in [-0.3, -0.25) is 14.9 Å². The van der Waals surface area contributed by atoms with Gasteiger partial charge in [0.2, 0.25) is 0 Å². The number of amides is 1. The van der Waals surface area contributed by atoms with Crippen LogP contribution in [0.15, 0.2) is 34.2 Å². The van der Waals surface area contributed by atoms with Crippen molar-refractivity contribution in [1.82, 2.24) is 0 Å². The SMILES string of the molecule is NC1=NC(=O)S/C1=C\c1ccc([N+](=O)[O-])cc1. The normalized spacial score (nSPS) is 17.3. The van der Waals surface area contributed by atoms with Crippen molar-refractivity contribution in [3.8, 4) is 0 Å². The van der Waals surface area contributed by atoms with E-state index in [1.807, 2.05) is 0 Å². The van der Waals surface area contributed by atoms with Crippen molar-refractivity contribution in [1.29, 1.82) is 0 Å². The number of nitrogens with two attached hydrogens (primary N) is 1. The van der Waals surface area contributed by atoms with Gasteiger partial charge < -0.3 is 5.73 Å². The van der Waals surface area contributed by atoms with Crippen LogP contribution < -0.4 is 5.73 Å². The Morgan fingerprint density at radius 1 is 1.35 bits per heavy atom. The van der Waals surface area contributed by atoms with E-state index >= 15 is 0 Å². The molecule has 1 aromatic carbocycles. The average molecular weight is 249 g/mol. The number of rotatable bonds is 2. The lowest BCUT2D eigenvalue weighted by Crippen LogP contribution is -2.08. The molecule has 1 heterocycles. The van der Waals surface area contributed by atoms with Crippen molar-refractivity contribution >= 4 is 34.6 Å². The predicted molar refractivity (Wildman–Crippen MR) is 65.7 cm³/mol. The molecule has 0 saturated carbocycles. The summed E-state index contributed by atoms with van der Waals surface area (Å²) >= 11 is 0.939. The highest BCUT2D eigenvalue weighted by Gasteiger charge is 2.18. The predicted octanol–water partition coefficient (Wildman–Crippen LogP) is 2.16. The van der Waals surface area contributed by atoms with Crippen LogP contribution in [0, 0.1) is 10.1 Å². The summed E-state index contributed by atoms with van der Waals surface area (Å²) in [7, 11) is 0. The summed E-state index contributed by atoms with van der Waals surface area (Å²) in [6, 6.07) is 5.95. The van der Waals surface area contributed by atoms with E-state index in [0.717, 1.165) is 17.3 Å². The summed E-state index contributed by atoms with van der Waals surface area (Å²) in [6.45, 7) is 0. The van der Waals surface area contributed by atoms with Gasteiger partial charge in [0.05, 0.1) is 9.83 Å². The van der Waals surface area contributed by atoms with Crippen molar-refractivity contribution in [3.05, 3.63) is 44.8 Å². The Balaban J connectivity index is 2.25. The highest BCUT2D eigenvalue weighted by atomic mass is 32.2. The van der Waals surface area contributed by atoms with E-state index in [-0.39, 0.29) is 16.8 Å². The first kappa shape index (κ1) is 11.3. The molecular weight excluding hydrogens is 242 g/mol. The van der Waals surface area contributed by atoms with E-state index in [0.29, 0.717) is 4.91 Å². The number of nitro groups is 1. The van der Waals surface area contributed by atoms with Crippen LogP contribution in [0.25, 0.3) is 6.08 Å². The highest BCUT2D eigenvalue weighted by molar-refractivity contribution is 8.18. The van der Waals surface area contributed by atoms with Gasteiger partial charge in [-0.15, -0.1) is 0 Å². The van der Waals surface area contributed by atoms with Crippen LogP contribution in [-0.2, 0) is 0 Å². The summed E-state index contributed by atoms with van der Waals surface area (Å²) in [5.41, 5.74) is 6.27. The molecule has 0 aromatic heterocycles. The number of nitro benzene ring substituents is 1. The minimum atomic E-state index is -0.472. The van der Waals surface area contributed by atoms with Crippen LogP contribution in [0.2, 0.25) is 0 Å². The number of thioether (sulfide) groups is 1. The third-order valence-electron chi connectivity index (χ3n) is 2.06. The first-order valence-electron chi connectivity index (χ1n) is 4.59. The minimum absolute atomic E-state index is 0.0175. The summed E-state index contributed by atoms with van der Waals surface area (Å²) in [5.74, 6) is 0.179. The van der Waals surface area contributed by atoms with Gasteiger partial charge in [-0.1, -0.05) is 0 Å². The summed E-state index contributed by atoms with van der Waals surface area (Å²) in [6.07, 6.45) is 1.66. The first-order chi connectivity index (χ1) is 8.06. The van der Waals surface area contributed by atoms with Crippen LogP contribution in [0.5, 0.6) is 0 Å².